The lowest BCUT2D eigenvalue weighted by atomic mass is 10.2. The van der Waals surface area contributed by atoms with Crippen molar-refractivity contribution in [3.63, 3.8) is 0 Å². The number of imidazole rings is 1. The molecule has 2 aromatic rings. The van der Waals surface area contributed by atoms with Crippen LogP contribution in [0.25, 0.3) is 0 Å². The highest BCUT2D eigenvalue weighted by atomic mass is 16.5. The van der Waals surface area contributed by atoms with Crippen molar-refractivity contribution in [1.82, 2.24) is 14.5 Å². The van der Waals surface area contributed by atoms with E-state index in [2.05, 4.69) is 4.98 Å². The number of benzene rings is 1. The highest BCUT2D eigenvalue weighted by molar-refractivity contribution is 5.81. The number of carbonyl (C=O) groups excluding carboxylic acids is 1. The number of hydrogen-bond acceptors (Lipinski definition) is 3. The summed E-state index contributed by atoms with van der Waals surface area (Å²) in [5.74, 6) is 0.792. The van der Waals surface area contributed by atoms with Gasteiger partial charge in [0, 0.05) is 31.5 Å². The fourth-order valence-corrected chi connectivity index (χ4v) is 2.94. The predicted molar refractivity (Wildman–Crippen MR) is 83.5 cm³/mol. The minimum Gasteiger partial charge on any atom is -0.481 e. The molecule has 1 aromatic carbocycles. The molecule has 1 aliphatic heterocycles. The van der Waals surface area contributed by atoms with Gasteiger partial charge in [-0.2, -0.15) is 0 Å². The van der Waals surface area contributed by atoms with Gasteiger partial charge in [0.25, 0.3) is 5.91 Å². The number of likely N-dealkylation sites (tertiary alicyclic amines) is 1. The fourth-order valence-electron chi connectivity index (χ4n) is 2.94. The van der Waals surface area contributed by atoms with E-state index in [-0.39, 0.29) is 11.9 Å². The summed E-state index contributed by atoms with van der Waals surface area (Å²) in [5.41, 5.74) is 0. The van der Waals surface area contributed by atoms with Crippen molar-refractivity contribution in [2.24, 2.45) is 0 Å². The molecule has 3 rings (SSSR count). The standard InChI is InChI=1S/C17H21N3O2/c1-14(22-16-7-3-2-4-8-16)17(21)20-10-5-6-15(20)12-19-11-9-18-13-19/h2-4,7-9,11,13-15H,5-6,10,12H2,1H3/t14?,15-/m1/s1. The lowest BCUT2D eigenvalue weighted by molar-refractivity contribution is -0.139. The summed E-state index contributed by atoms with van der Waals surface area (Å²) < 4.78 is 7.79. The van der Waals surface area contributed by atoms with Crippen molar-refractivity contribution in [1.29, 1.82) is 0 Å². The molecule has 1 amide bonds. The zero-order valence-corrected chi connectivity index (χ0v) is 12.8. The van der Waals surface area contributed by atoms with Crippen molar-refractivity contribution in [3.8, 4) is 5.75 Å². The van der Waals surface area contributed by atoms with E-state index < -0.39 is 6.10 Å². The molecule has 1 aliphatic rings. The van der Waals surface area contributed by atoms with Crippen LogP contribution >= 0.6 is 0 Å². The van der Waals surface area contributed by atoms with Gasteiger partial charge in [0.05, 0.1) is 6.33 Å². The number of hydrogen-bond donors (Lipinski definition) is 0. The van der Waals surface area contributed by atoms with E-state index in [4.69, 9.17) is 4.74 Å². The van der Waals surface area contributed by atoms with E-state index in [0.29, 0.717) is 0 Å². The summed E-state index contributed by atoms with van der Waals surface area (Å²) in [5, 5.41) is 0. The SMILES string of the molecule is CC(Oc1ccccc1)C(=O)N1CCC[C@@H]1Cn1ccnc1. The Morgan fingerprint density at radius 3 is 2.95 bits per heavy atom. The van der Waals surface area contributed by atoms with Crippen LogP contribution in [-0.4, -0.2) is 39.0 Å². The first-order chi connectivity index (χ1) is 10.7. The van der Waals surface area contributed by atoms with E-state index in [9.17, 15) is 4.79 Å². The number of aromatic nitrogens is 2. The van der Waals surface area contributed by atoms with E-state index in [0.717, 1.165) is 31.7 Å². The molecule has 2 atom stereocenters. The topological polar surface area (TPSA) is 47.4 Å². The summed E-state index contributed by atoms with van der Waals surface area (Å²) in [6.07, 6.45) is 7.11. The Morgan fingerprint density at radius 1 is 1.41 bits per heavy atom. The first kappa shape index (κ1) is 14.6. The Bertz CT molecular complexity index is 598. The lowest BCUT2D eigenvalue weighted by Gasteiger charge is -2.28. The van der Waals surface area contributed by atoms with E-state index >= 15 is 0 Å². The van der Waals surface area contributed by atoms with Gasteiger partial charge in [0.1, 0.15) is 5.75 Å². The molecule has 5 nitrogen and oxygen atoms in total. The number of ether oxygens (including phenoxy) is 1. The van der Waals surface area contributed by atoms with Gasteiger partial charge < -0.3 is 14.2 Å². The normalized spacial score (nSPS) is 19.1. The molecule has 0 saturated carbocycles. The molecular weight excluding hydrogens is 278 g/mol. The van der Waals surface area contributed by atoms with Crippen LogP contribution in [0.3, 0.4) is 0 Å². The molecule has 1 fully saturated rings. The maximum Gasteiger partial charge on any atom is 0.263 e. The molecule has 0 spiro atoms. The summed E-state index contributed by atoms with van der Waals surface area (Å²) in [6.45, 7) is 3.42. The van der Waals surface area contributed by atoms with Gasteiger partial charge in [-0.3, -0.25) is 4.79 Å². The molecule has 1 aromatic heterocycles. The second-order valence-corrected chi connectivity index (χ2v) is 5.66. The number of rotatable bonds is 5. The Labute approximate surface area is 130 Å². The van der Waals surface area contributed by atoms with E-state index in [1.54, 1.807) is 12.5 Å². The minimum absolute atomic E-state index is 0.0615. The maximum atomic E-state index is 12.7. The third kappa shape index (κ3) is 3.30. The van der Waals surface area contributed by atoms with Gasteiger partial charge in [-0.05, 0) is 31.9 Å². The quantitative estimate of drug-likeness (QED) is 0.851. The van der Waals surface area contributed by atoms with Crippen molar-refractivity contribution in [3.05, 3.63) is 49.1 Å². The predicted octanol–water partition coefficient (Wildman–Crippen LogP) is 2.34. The molecule has 116 valence electrons. The first-order valence-corrected chi connectivity index (χ1v) is 7.72. The highest BCUT2D eigenvalue weighted by Crippen LogP contribution is 2.21. The molecule has 1 unspecified atom stereocenters. The molecule has 1 saturated heterocycles. The van der Waals surface area contributed by atoms with Crippen LogP contribution in [0.1, 0.15) is 19.8 Å². The smallest absolute Gasteiger partial charge is 0.263 e. The van der Waals surface area contributed by atoms with Crippen molar-refractivity contribution >= 4 is 5.91 Å². The van der Waals surface area contributed by atoms with Crippen LogP contribution in [0.15, 0.2) is 49.1 Å². The summed E-state index contributed by atoms with van der Waals surface area (Å²) in [7, 11) is 0. The third-order valence-electron chi connectivity index (χ3n) is 4.04. The Balaban J connectivity index is 1.62. The Hall–Kier alpha value is -2.30. The van der Waals surface area contributed by atoms with Crippen LogP contribution in [0.2, 0.25) is 0 Å². The number of amides is 1. The van der Waals surface area contributed by atoms with Crippen LogP contribution in [0.4, 0.5) is 0 Å². The average Bonchev–Trinajstić information content (AvgIpc) is 3.20. The second-order valence-electron chi connectivity index (χ2n) is 5.66. The van der Waals surface area contributed by atoms with Crippen molar-refractivity contribution < 1.29 is 9.53 Å². The molecule has 5 heteroatoms. The highest BCUT2D eigenvalue weighted by Gasteiger charge is 2.32. The molecule has 0 aliphatic carbocycles. The van der Waals surface area contributed by atoms with E-state index in [1.165, 1.54) is 0 Å². The van der Waals surface area contributed by atoms with Crippen molar-refractivity contribution in [2.75, 3.05) is 6.54 Å². The summed E-state index contributed by atoms with van der Waals surface area (Å²) in [6, 6.07) is 9.71. The molecule has 0 bridgehead atoms. The van der Waals surface area contributed by atoms with Crippen LogP contribution in [0.5, 0.6) is 5.75 Å². The largest absolute Gasteiger partial charge is 0.481 e. The Morgan fingerprint density at radius 2 is 2.23 bits per heavy atom. The number of para-hydroxylation sites is 1. The Kier molecular flexibility index (Phi) is 4.42. The van der Waals surface area contributed by atoms with Gasteiger partial charge in [-0.1, -0.05) is 18.2 Å². The van der Waals surface area contributed by atoms with Crippen molar-refractivity contribution in [2.45, 2.75) is 38.5 Å². The number of carbonyl (C=O) groups is 1. The zero-order valence-electron chi connectivity index (χ0n) is 12.8. The minimum atomic E-state index is -0.467. The first-order valence-electron chi connectivity index (χ1n) is 7.72. The lowest BCUT2D eigenvalue weighted by Crippen LogP contribution is -2.44. The van der Waals surface area contributed by atoms with E-state index in [1.807, 2.05) is 52.9 Å². The van der Waals surface area contributed by atoms with Gasteiger partial charge in [0.2, 0.25) is 0 Å². The zero-order chi connectivity index (χ0) is 15.4. The molecule has 2 heterocycles. The van der Waals surface area contributed by atoms with Gasteiger partial charge in [-0.25, -0.2) is 4.98 Å². The van der Waals surface area contributed by atoms with Crippen LogP contribution in [-0.2, 0) is 11.3 Å². The molecule has 0 N–H and O–H groups in total. The average molecular weight is 299 g/mol. The molecule has 0 radical (unpaired) electrons. The fraction of sp³-hybridized carbons (Fsp3) is 0.412. The molecular formula is C17H21N3O2. The monoisotopic (exact) mass is 299 g/mol. The summed E-state index contributed by atoms with van der Waals surface area (Å²) >= 11 is 0. The number of nitrogens with zero attached hydrogens (tertiary/aromatic N) is 3. The third-order valence-corrected chi connectivity index (χ3v) is 4.04. The second kappa shape index (κ2) is 6.64. The van der Waals surface area contributed by atoms with Gasteiger partial charge in [0.15, 0.2) is 6.10 Å². The van der Waals surface area contributed by atoms with Gasteiger partial charge >= 0.3 is 0 Å². The van der Waals surface area contributed by atoms with Crippen LogP contribution < -0.4 is 4.74 Å². The van der Waals surface area contributed by atoms with Crippen LogP contribution in [0, 0.1) is 0 Å². The molecule has 22 heavy (non-hydrogen) atoms. The maximum absolute atomic E-state index is 12.7. The summed E-state index contributed by atoms with van der Waals surface area (Å²) in [4.78, 5) is 18.7. The van der Waals surface area contributed by atoms with Gasteiger partial charge in [-0.15, -0.1) is 0 Å².